The summed E-state index contributed by atoms with van der Waals surface area (Å²) in [5, 5.41) is 12.7. The van der Waals surface area contributed by atoms with Gasteiger partial charge < -0.3 is 10.0 Å². The molecule has 0 saturated carbocycles. The quantitative estimate of drug-likeness (QED) is 0.885. The van der Waals surface area contributed by atoms with Crippen molar-refractivity contribution in [3.8, 4) is 0 Å². The second-order valence-electron chi connectivity index (χ2n) is 5.07. The highest BCUT2D eigenvalue weighted by molar-refractivity contribution is 5.93. The Bertz CT molecular complexity index is 461. The van der Waals surface area contributed by atoms with E-state index >= 15 is 0 Å². The summed E-state index contributed by atoms with van der Waals surface area (Å²) in [6.07, 6.45) is 6.02. The van der Waals surface area contributed by atoms with E-state index in [0.717, 1.165) is 12.8 Å². The summed E-state index contributed by atoms with van der Waals surface area (Å²) in [7, 11) is 1.79. The van der Waals surface area contributed by atoms with Gasteiger partial charge in [0, 0.05) is 32.8 Å². The van der Waals surface area contributed by atoms with Crippen LogP contribution >= 0.6 is 0 Å². The van der Waals surface area contributed by atoms with Gasteiger partial charge >= 0.3 is 5.97 Å². The first-order valence-electron chi connectivity index (χ1n) is 6.56. The number of likely N-dealkylation sites (tertiary alicyclic amines) is 1. The molecule has 0 bridgehead atoms. The lowest BCUT2D eigenvalue weighted by Crippen LogP contribution is -2.38. The third-order valence-corrected chi connectivity index (χ3v) is 3.62. The maximum absolute atomic E-state index is 12.2. The number of aryl methyl sites for hydroxylation is 1. The minimum atomic E-state index is -0.742. The van der Waals surface area contributed by atoms with Crippen LogP contribution in [0.25, 0.3) is 0 Å². The molecule has 0 atom stereocenters. The van der Waals surface area contributed by atoms with Gasteiger partial charge in [-0.3, -0.25) is 14.3 Å². The Hall–Kier alpha value is -1.85. The molecule has 0 radical (unpaired) electrons. The zero-order chi connectivity index (χ0) is 13.8. The van der Waals surface area contributed by atoms with Crippen LogP contribution in [-0.2, 0) is 11.8 Å². The zero-order valence-electron chi connectivity index (χ0n) is 11.1. The lowest BCUT2D eigenvalue weighted by molar-refractivity contribution is -0.137. The molecule has 104 valence electrons. The van der Waals surface area contributed by atoms with Crippen LogP contribution < -0.4 is 0 Å². The fraction of sp³-hybridized carbons (Fsp3) is 0.615. The van der Waals surface area contributed by atoms with Gasteiger partial charge in [-0.1, -0.05) is 0 Å². The van der Waals surface area contributed by atoms with Gasteiger partial charge in [-0.25, -0.2) is 0 Å². The van der Waals surface area contributed by atoms with Crippen molar-refractivity contribution in [3.05, 3.63) is 18.0 Å². The van der Waals surface area contributed by atoms with Crippen LogP contribution in [0, 0.1) is 5.92 Å². The van der Waals surface area contributed by atoms with Gasteiger partial charge in [0.05, 0.1) is 11.8 Å². The normalized spacial score (nSPS) is 16.6. The topological polar surface area (TPSA) is 75.4 Å². The molecule has 1 aromatic heterocycles. The van der Waals surface area contributed by atoms with E-state index in [-0.39, 0.29) is 12.3 Å². The highest BCUT2D eigenvalue weighted by Crippen LogP contribution is 2.22. The second-order valence-corrected chi connectivity index (χ2v) is 5.07. The molecule has 1 saturated heterocycles. The van der Waals surface area contributed by atoms with Crippen molar-refractivity contribution in [2.45, 2.75) is 25.7 Å². The first-order valence-corrected chi connectivity index (χ1v) is 6.56. The number of carboxylic acid groups (broad SMARTS) is 1. The van der Waals surface area contributed by atoms with Crippen molar-refractivity contribution in [1.82, 2.24) is 14.7 Å². The van der Waals surface area contributed by atoms with Crippen LogP contribution in [-0.4, -0.2) is 44.8 Å². The van der Waals surface area contributed by atoms with E-state index in [1.807, 2.05) is 4.90 Å². The maximum atomic E-state index is 12.2. The highest BCUT2D eigenvalue weighted by atomic mass is 16.4. The SMILES string of the molecule is Cn1cc(C(=O)N2CCC(CCC(=O)O)CC2)cn1. The number of amides is 1. The van der Waals surface area contributed by atoms with Gasteiger partial charge in [0.1, 0.15) is 0 Å². The Kier molecular flexibility index (Phi) is 4.19. The first kappa shape index (κ1) is 13.6. The van der Waals surface area contributed by atoms with Gasteiger partial charge in [-0.2, -0.15) is 5.10 Å². The molecule has 2 rings (SSSR count). The fourth-order valence-corrected chi connectivity index (χ4v) is 2.47. The summed E-state index contributed by atoms with van der Waals surface area (Å²) in [6.45, 7) is 1.41. The van der Waals surface area contributed by atoms with Gasteiger partial charge in [-0.05, 0) is 25.2 Å². The van der Waals surface area contributed by atoms with Crippen molar-refractivity contribution in [2.75, 3.05) is 13.1 Å². The molecule has 2 heterocycles. The largest absolute Gasteiger partial charge is 0.481 e. The summed E-state index contributed by atoms with van der Waals surface area (Å²) >= 11 is 0. The average Bonchev–Trinajstić information content (AvgIpc) is 2.83. The number of aromatic nitrogens is 2. The molecule has 0 spiro atoms. The molecule has 1 N–H and O–H groups in total. The van der Waals surface area contributed by atoms with E-state index in [2.05, 4.69) is 5.10 Å². The standard InChI is InChI=1S/C13H19N3O3/c1-15-9-11(8-14-15)13(19)16-6-4-10(5-7-16)2-3-12(17)18/h8-10H,2-7H2,1H3,(H,17,18). The maximum Gasteiger partial charge on any atom is 0.303 e. The average molecular weight is 265 g/mol. The Morgan fingerprint density at radius 3 is 2.63 bits per heavy atom. The smallest absolute Gasteiger partial charge is 0.303 e. The predicted octanol–water partition coefficient (Wildman–Crippen LogP) is 1.14. The number of hydrogen-bond donors (Lipinski definition) is 1. The number of carboxylic acids is 1. The first-order chi connectivity index (χ1) is 9.06. The fourth-order valence-electron chi connectivity index (χ4n) is 2.47. The Morgan fingerprint density at radius 2 is 2.11 bits per heavy atom. The summed E-state index contributed by atoms with van der Waals surface area (Å²) in [5.41, 5.74) is 0.617. The predicted molar refractivity (Wildman–Crippen MR) is 68.7 cm³/mol. The van der Waals surface area contributed by atoms with Gasteiger partial charge in [0.2, 0.25) is 0 Å². The molecule has 1 aromatic rings. The number of nitrogens with zero attached hydrogens (tertiary/aromatic N) is 3. The monoisotopic (exact) mass is 265 g/mol. The van der Waals surface area contributed by atoms with Crippen molar-refractivity contribution in [3.63, 3.8) is 0 Å². The van der Waals surface area contributed by atoms with E-state index in [0.29, 0.717) is 31.0 Å². The van der Waals surface area contributed by atoms with Gasteiger partial charge in [-0.15, -0.1) is 0 Å². The van der Waals surface area contributed by atoms with E-state index in [1.165, 1.54) is 0 Å². The molecule has 6 nitrogen and oxygen atoms in total. The number of carbonyl (C=O) groups excluding carboxylic acids is 1. The van der Waals surface area contributed by atoms with Crippen molar-refractivity contribution in [1.29, 1.82) is 0 Å². The minimum Gasteiger partial charge on any atom is -0.481 e. The molecule has 1 aliphatic heterocycles. The third kappa shape index (κ3) is 3.56. The van der Waals surface area contributed by atoms with Crippen LogP contribution in [0.2, 0.25) is 0 Å². The summed E-state index contributed by atoms with van der Waals surface area (Å²) in [6, 6.07) is 0. The summed E-state index contributed by atoms with van der Waals surface area (Å²) in [4.78, 5) is 24.5. The van der Waals surface area contributed by atoms with E-state index < -0.39 is 5.97 Å². The van der Waals surface area contributed by atoms with Crippen molar-refractivity contribution < 1.29 is 14.7 Å². The number of piperidine rings is 1. The molecular weight excluding hydrogens is 246 g/mol. The summed E-state index contributed by atoms with van der Waals surface area (Å²) < 4.78 is 1.62. The van der Waals surface area contributed by atoms with Gasteiger partial charge in [0.15, 0.2) is 0 Å². The van der Waals surface area contributed by atoms with Crippen LogP contribution in [0.4, 0.5) is 0 Å². The summed E-state index contributed by atoms with van der Waals surface area (Å²) in [5.74, 6) is -0.298. The van der Waals surface area contributed by atoms with Crippen molar-refractivity contribution in [2.24, 2.45) is 13.0 Å². The highest BCUT2D eigenvalue weighted by Gasteiger charge is 2.24. The number of hydrogen-bond acceptors (Lipinski definition) is 3. The molecule has 1 amide bonds. The van der Waals surface area contributed by atoms with Crippen LogP contribution in [0.15, 0.2) is 12.4 Å². The lowest BCUT2D eigenvalue weighted by atomic mass is 9.92. The second kappa shape index (κ2) is 5.86. The Balaban J connectivity index is 1.83. The number of carbonyl (C=O) groups is 2. The van der Waals surface area contributed by atoms with Crippen LogP contribution in [0.3, 0.4) is 0 Å². The molecule has 0 unspecified atom stereocenters. The lowest BCUT2D eigenvalue weighted by Gasteiger charge is -2.31. The molecule has 6 heteroatoms. The van der Waals surface area contributed by atoms with Crippen molar-refractivity contribution >= 4 is 11.9 Å². The number of rotatable bonds is 4. The van der Waals surface area contributed by atoms with Crippen LogP contribution in [0.1, 0.15) is 36.0 Å². The molecule has 1 fully saturated rings. The van der Waals surface area contributed by atoms with E-state index in [9.17, 15) is 9.59 Å². The molecular formula is C13H19N3O3. The molecule has 19 heavy (non-hydrogen) atoms. The number of aliphatic carboxylic acids is 1. The van der Waals surface area contributed by atoms with Crippen LogP contribution in [0.5, 0.6) is 0 Å². The molecule has 0 aromatic carbocycles. The Labute approximate surface area is 112 Å². The van der Waals surface area contributed by atoms with E-state index in [1.54, 1.807) is 24.1 Å². The van der Waals surface area contributed by atoms with E-state index in [4.69, 9.17) is 5.11 Å². The minimum absolute atomic E-state index is 0.0183. The third-order valence-electron chi connectivity index (χ3n) is 3.62. The molecule has 1 aliphatic rings. The van der Waals surface area contributed by atoms with Gasteiger partial charge in [0.25, 0.3) is 5.91 Å². The zero-order valence-corrected chi connectivity index (χ0v) is 11.1. The molecule has 0 aliphatic carbocycles. The Morgan fingerprint density at radius 1 is 1.42 bits per heavy atom.